The van der Waals surface area contributed by atoms with Gasteiger partial charge in [-0.25, -0.2) is 27.0 Å². The molecule has 2 heterocycles. The Bertz CT molecular complexity index is 1490. The number of amides is 1. The van der Waals surface area contributed by atoms with Crippen molar-refractivity contribution in [3.63, 3.8) is 0 Å². The first-order valence-corrected chi connectivity index (χ1v) is 13.8. The van der Waals surface area contributed by atoms with Gasteiger partial charge in [-0.05, 0) is 55.0 Å². The summed E-state index contributed by atoms with van der Waals surface area (Å²) in [6.45, 7) is 2.79. The number of ether oxygens (including phenoxy) is 1. The second kappa shape index (κ2) is 10.3. The number of nitrogens with zero attached hydrogens (tertiary/aromatic N) is 3. The number of hydrogen-bond donors (Lipinski definition) is 3. The van der Waals surface area contributed by atoms with Gasteiger partial charge in [0.05, 0.1) is 23.0 Å². The summed E-state index contributed by atoms with van der Waals surface area (Å²) in [5.74, 6) is -0.254. The van der Waals surface area contributed by atoms with Crippen LogP contribution in [0.25, 0.3) is 0 Å². The topological polar surface area (TPSA) is 174 Å². The summed E-state index contributed by atoms with van der Waals surface area (Å²) in [7, 11) is -7.60. The minimum Gasteiger partial charge on any atom is -0.379 e. The highest BCUT2D eigenvalue weighted by Gasteiger charge is 2.28. The molecule has 1 amide bonds. The predicted octanol–water partition coefficient (Wildman–Crippen LogP) is 1.45. The Labute approximate surface area is 208 Å². The van der Waals surface area contributed by atoms with E-state index in [1.807, 2.05) is 0 Å². The summed E-state index contributed by atoms with van der Waals surface area (Å²) in [6.07, 6.45) is 1.42. The van der Waals surface area contributed by atoms with Crippen molar-refractivity contribution < 1.29 is 26.4 Å². The largest absolute Gasteiger partial charge is 0.379 e. The predicted molar refractivity (Wildman–Crippen MR) is 132 cm³/mol. The number of primary sulfonamides is 1. The van der Waals surface area contributed by atoms with E-state index in [0.717, 1.165) is 0 Å². The fourth-order valence-electron chi connectivity index (χ4n) is 3.48. The van der Waals surface area contributed by atoms with E-state index in [0.29, 0.717) is 30.3 Å². The fraction of sp³-hybridized carbons (Fsp3) is 0.227. The number of aryl methyl sites for hydroxylation is 1. The third-order valence-electron chi connectivity index (χ3n) is 5.37. The zero-order valence-corrected chi connectivity index (χ0v) is 20.8. The molecule has 2 aromatic carbocycles. The lowest BCUT2D eigenvalue weighted by molar-refractivity contribution is 0.0730. The Morgan fingerprint density at radius 1 is 1.03 bits per heavy atom. The summed E-state index contributed by atoms with van der Waals surface area (Å²) in [5, 5.41) is 10.6. The van der Waals surface area contributed by atoms with Crippen molar-refractivity contribution in [2.75, 3.05) is 36.9 Å². The molecule has 4 rings (SSSR count). The van der Waals surface area contributed by atoms with Crippen LogP contribution in [0.2, 0.25) is 0 Å². The summed E-state index contributed by atoms with van der Waals surface area (Å²) < 4.78 is 55.6. The zero-order chi connectivity index (χ0) is 25.9. The van der Waals surface area contributed by atoms with E-state index in [2.05, 4.69) is 20.6 Å². The van der Waals surface area contributed by atoms with E-state index < -0.39 is 26.0 Å². The average Bonchev–Trinajstić information content (AvgIpc) is 2.85. The van der Waals surface area contributed by atoms with E-state index in [9.17, 15) is 21.6 Å². The van der Waals surface area contributed by atoms with Crippen molar-refractivity contribution in [3.05, 3.63) is 65.9 Å². The fourth-order valence-corrected chi connectivity index (χ4v) is 5.66. The number of nitrogens with one attached hydrogen (secondary N) is 2. The van der Waals surface area contributed by atoms with E-state index in [1.165, 1.54) is 46.9 Å². The highest BCUT2D eigenvalue weighted by molar-refractivity contribution is 7.89. The van der Waals surface area contributed by atoms with Crippen LogP contribution < -0.4 is 15.8 Å². The second-order valence-electron chi connectivity index (χ2n) is 7.91. The van der Waals surface area contributed by atoms with Crippen LogP contribution >= 0.6 is 0 Å². The number of aromatic nitrogens is 2. The number of benzene rings is 2. The van der Waals surface area contributed by atoms with Gasteiger partial charge in [0.1, 0.15) is 5.82 Å². The highest BCUT2D eigenvalue weighted by Crippen LogP contribution is 2.23. The monoisotopic (exact) mass is 532 g/mol. The number of sulfonamides is 2. The molecule has 0 bridgehead atoms. The Balaban J connectivity index is 1.50. The van der Waals surface area contributed by atoms with Crippen LogP contribution in [0.4, 0.5) is 17.5 Å². The van der Waals surface area contributed by atoms with Gasteiger partial charge in [0.25, 0.3) is 5.91 Å². The maximum atomic E-state index is 13.1. The molecule has 1 aliphatic rings. The Kier molecular flexibility index (Phi) is 7.33. The zero-order valence-electron chi connectivity index (χ0n) is 19.2. The molecular formula is C22H24N6O6S2. The van der Waals surface area contributed by atoms with E-state index in [-0.39, 0.29) is 34.4 Å². The summed E-state index contributed by atoms with van der Waals surface area (Å²) in [5.41, 5.74) is 1.19. The molecule has 0 saturated carbocycles. The molecule has 190 valence electrons. The molecule has 0 radical (unpaired) electrons. The molecule has 3 aromatic rings. The molecule has 1 saturated heterocycles. The Morgan fingerprint density at radius 2 is 1.72 bits per heavy atom. The molecule has 0 spiro atoms. The molecule has 14 heteroatoms. The first kappa shape index (κ1) is 25.7. The van der Waals surface area contributed by atoms with Gasteiger partial charge < -0.3 is 10.1 Å². The smallest absolute Gasteiger partial charge is 0.258 e. The van der Waals surface area contributed by atoms with Gasteiger partial charge in [-0.2, -0.15) is 9.29 Å². The number of carbonyl (C=O) groups excluding carboxylic acids is 1. The minimum atomic E-state index is -3.81. The van der Waals surface area contributed by atoms with Crippen LogP contribution in [0.1, 0.15) is 15.9 Å². The van der Waals surface area contributed by atoms with Crippen molar-refractivity contribution in [2.24, 2.45) is 5.14 Å². The van der Waals surface area contributed by atoms with Gasteiger partial charge in [0.2, 0.25) is 26.0 Å². The second-order valence-corrected chi connectivity index (χ2v) is 11.4. The minimum absolute atomic E-state index is 0.00989. The third kappa shape index (κ3) is 5.85. The lowest BCUT2D eigenvalue weighted by Gasteiger charge is -2.26. The van der Waals surface area contributed by atoms with Crippen LogP contribution in [0.3, 0.4) is 0 Å². The standard InChI is InChI=1S/C22H24N6O6S2/c1-15-2-3-16(14-19(15)36(32,33)28-10-12-34-13-11-28)21(29)27-22-24-9-8-20(26-22)25-17-4-6-18(7-5-17)35(23,30)31/h2-9,14H,10-13H2,1H3,(H2,23,30,31)(H2,24,25,26,27,29). The van der Waals surface area contributed by atoms with Crippen molar-refractivity contribution in [1.29, 1.82) is 0 Å². The van der Waals surface area contributed by atoms with Gasteiger partial charge in [0.15, 0.2) is 0 Å². The molecule has 4 N–H and O–H groups in total. The molecule has 36 heavy (non-hydrogen) atoms. The molecular weight excluding hydrogens is 508 g/mol. The molecule has 1 fully saturated rings. The van der Waals surface area contributed by atoms with E-state index in [4.69, 9.17) is 9.88 Å². The first-order chi connectivity index (χ1) is 17.0. The number of anilines is 3. The van der Waals surface area contributed by atoms with Crippen LogP contribution in [-0.4, -0.2) is 63.3 Å². The number of morpholine rings is 1. The third-order valence-corrected chi connectivity index (χ3v) is 8.34. The van der Waals surface area contributed by atoms with Gasteiger partial charge in [-0.1, -0.05) is 6.07 Å². The number of rotatable bonds is 7. The van der Waals surface area contributed by atoms with Gasteiger partial charge in [-0.15, -0.1) is 0 Å². The van der Waals surface area contributed by atoms with Crippen LogP contribution in [0, 0.1) is 6.92 Å². The number of hydrogen-bond acceptors (Lipinski definition) is 9. The average molecular weight is 533 g/mol. The van der Waals surface area contributed by atoms with Crippen molar-refractivity contribution in [1.82, 2.24) is 14.3 Å². The maximum Gasteiger partial charge on any atom is 0.258 e. The molecule has 0 atom stereocenters. The van der Waals surface area contributed by atoms with Crippen LogP contribution in [-0.2, 0) is 24.8 Å². The van der Waals surface area contributed by atoms with Gasteiger partial charge in [-0.3, -0.25) is 10.1 Å². The van der Waals surface area contributed by atoms with Gasteiger partial charge >= 0.3 is 0 Å². The SMILES string of the molecule is Cc1ccc(C(=O)Nc2nccc(Nc3ccc(S(N)(=O)=O)cc3)n2)cc1S(=O)(=O)N1CCOCC1. The number of nitrogens with two attached hydrogens (primary N) is 1. The van der Waals surface area contributed by atoms with Crippen molar-refractivity contribution in [2.45, 2.75) is 16.7 Å². The quantitative estimate of drug-likeness (QED) is 0.407. The Hall–Kier alpha value is -3.43. The summed E-state index contributed by atoms with van der Waals surface area (Å²) in [4.78, 5) is 21.2. The summed E-state index contributed by atoms with van der Waals surface area (Å²) in [6, 6.07) is 11.7. The van der Waals surface area contributed by atoms with Crippen LogP contribution in [0.5, 0.6) is 0 Å². The van der Waals surface area contributed by atoms with E-state index >= 15 is 0 Å². The highest BCUT2D eigenvalue weighted by atomic mass is 32.2. The van der Waals surface area contributed by atoms with Gasteiger partial charge in [0, 0.05) is 30.5 Å². The summed E-state index contributed by atoms with van der Waals surface area (Å²) >= 11 is 0. The molecule has 0 aliphatic carbocycles. The van der Waals surface area contributed by atoms with E-state index in [1.54, 1.807) is 19.1 Å². The maximum absolute atomic E-state index is 13.1. The van der Waals surface area contributed by atoms with Crippen molar-refractivity contribution in [3.8, 4) is 0 Å². The lowest BCUT2D eigenvalue weighted by atomic mass is 10.1. The molecule has 0 unspecified atom stereocenters. The van der Waals surface area contributed by atoms with Crippen LogP contribution in [0.15, 0.2) is 64.5 Å². The first-order valence-electron chi connectivity index (χ1n) is 10.8. The number of carbonyl (C=O) groups is 1. The molecule has 12 nitrogen and oxygen atoms in total. The lowest BCUT2D eigenvalue weighted by Crippen LogP contribution is -2.40. The molecule has 1 aromatic heterocycles. The Morgan fingerprint density at radius 3 is 2.39 bits per heavy atom. The normalized spacial score (nSPS) is 14.8. The van der Waals surface area contributed by atoms with Crippen molar-refractivity contribution >= 4 is 43.4 Å². The molecule has 1 aliphatic heterocycles.